The number of hydrogen-bond acceptors (Lipinski definition) is 1. The highest BCUT2D eigenvalue weighted by atomic mass is 16.1. The molecule has 0 aromatic heterocycles. The van der Waals surface area contributed by atoms with Crippen molar-refractivity contribution in [2.75, 3.05) is 0 Å². The van der Waals surface area contributed by atoms with Crippen molar-refractivity contribution in [3.63, 3.8) is 0 Å². The summed E-state index contributed by atoms with van der Waals surface area (Å²) in [5.74, 6) is 0.952. The van der Waals surface area contributed by atoms with Crippen LogP contribution < -0.4 is 0 Å². The average molecular weight is 280 g/mol. The zero-order chi connectivity index (χ0) is 15.4. The lowest BCUT2D eigenvalue weighted by Gasteiger charge is -2.21. The van der Waals surface area contributed by atoms with Crippen LogP contribution in [0, 0.1) is 0 Å². The molecule has 0 radical (unpaired) electrons. The number of carbonyl (C=O) groups excluding carboxylic acids is 1. The Labute approximate surface area is 128 Å². The normalized spacial score (nSPS) is 12.4. The molecule has 21 heavy (non-hydrogen) atoms. The van der Waals surface area contributed by atoms with Gasteiger partial charge in [-0.25, -0.2) is 0 Å². The van der Waals surface area contributed by atoms with Crippen molar-refractivity contribution in [1.29, 1.82) is 0 Å². The molecule has 0 bridgehead atoms. The van der Waals surface area contributed by atoms with Crippen LogP contribution >= 0.6 is 0 Å². The van der Waals surface area contributed by atoms with Crippen molar-refractivity contribution in [3.8, 4) is 0 Å². The third-order valence-electron chi connectivity index (χ3n) is 4.14. The lowest BCUT2D eigenvalue weighted by Crippen LogP contribution is -2.10. The topological polar surface area (TPSA) is 17.1 Å². The molecule has 2 rings (SSSR count). The number of carbonyl (C=O) groups is 1. The summed E-state index contributed by atoms with van der Waals surface area (Å²) < 4.78 is 0. The Morgan fingerprint density at radius 3 is 2.19 bits per heavy atom. The van der Waals surface area contributed by atoms with Crippen molar-refractivity contribution in [1.82, 2.24) is 0 Å². The van der Waals surface area contributed by atoms with E-state index in [4.69, 9.17) is 0 Å². The van der Waals surface area contributed by atoms with Gasteiger partial charge >= 0.3 is 0 Å². The summed E-state index contributed by atoms with van der Waals surface area (Å²) in [6.45, 7) is 8.77. The molecule has 2 aromatic rings. The molecule has 1 unspecified atom stereocenters. The van der Waals surface area contributed by atoms with E-state index in [1.54, 1.807) is 0 Å². The van der Waals surface area contributed by atoms with Gasteiger partial charge in [0.05, 0.1) is 0 Å². The van der Waals surface area contributed by atoms with Gasteiger partial charge in [-0.05, 0) is 29.4 Å². The van der Waals surface area contributed by atoms with E-state index in [1.807, 2.05) is 42.5 Å². The van der Waals surface area contributed by atoms with Crippen LogP contribution in [0.4, 0.5) is 0 Å². The third-order valence-corrected chi connectivity index (χ3v) is 4.14. The molecule has 0 aliphatic carbocycles. The van der Waals surface area contributed by atoms with E-state index in [1.165, 1.54) is 11.1 Å². The minimum Gasteiger partial charge on any atom is -0.289 e. The summed E-state index contributed by atoms with van der Waals surface area (Å²) in [6.07, 6.45) is 1.09. The molecule has 1 nitrogen and oxygen atoms in total. The fourth-order valence-electron chi connectivity index (χ4n) is 2.82. The van der Waals surface area contributed by atoms with Crippen LogP contribution in [-0.2, 0) is 0 Å². The fourth-order valence-corrected chi connectivity index (χ4v) is 2.82. The van der Waals surface area contributed by atoms with Crippen molar-refractivity contribution in [3.05, 3.63) is 70.8 Å². The van der Waals surface area contributed by atoms with Crippen LogP contribution in [0.5, 0.6) is 0 Å². The summed E-state index contributed by atoms with van der Waals surface area (Å²) in [6, 6.07) is 15.7. The Balaban J connectivity index is 2.56. The van der Waals surface area contributed by atoms with E-state index in [9.17, 15) is 4.79 Å². The molecule has 0 aliphatic rings. The van der Waals surface area contributed by atoms with Crippen LogP contribution in [0.2, 0.25) is 0 Å². The summed E-state index contributed by atoms with van der Waals surface area (Å²) >= 11 is 0. The second-order valence-corrected chi connectivity index (χ2v) is 5.97. The molecule has 1 atom stereocenters. The zero-order valence-corrected chi connectivity index (χ0v) is 13.4. The maximum Gasteiger partial charge on any atom is 0.193 e. The number of rotatable bonds is 5. The van der Waals surface area contributed by atoms with Crippen molar-refractivity contribution in [2.24, 2.45) is 0 Å². The van der Waals surface area contributed by atoms with E-state index in [2.05, 4.69) is 33.8 Å². The average Bonchev–Trinajstić information content (AvgIpc) is 2.53. The van der Waals surface area contributed by atoms with E-state index >= 15 is 0 Å². The van der Waals surface area contributed by atoms with E-state index < -0.39 is 0 Å². The predicted molar refractivity (Wildman–Crippen MR) is 89.1 cm³/mol. The van der Waals surface area contributed by atoms with Gasteiger partial charge in [-0.1, -0.05) is 76.2 Å². The van der Waals surface area contributed by atoms with Crippen LogP contribution in [0.15, 0.2) is 48.5 Å². The fraction of sp³-hybridized carbons (Fsp3) is 0.350. The molecule has 2 aromatic carbocycles. The highest BCUT2D eigenvalue weighted by Gasteiger charge is 2.20. The summed E-state index contributed by atoms with van der Waals surface area (Å²) in [7, 11) is 0. The van der Waals surface area contributed by atoms with Crippen molar-refractivity contribution >= 4 is 5.78 Å². The Morgan fingerprint density at radius 2 is 1.62 bits per heavy atom. The molecule has 110 valence electrons. The Bertz CT molecular complexity index is 611. The van der Waals surface area contributed by atoms with Gasteiger partial charge in [-0.2, -0.15) is 0 Å². The summed E-state index contributed by atoms with van der Waals surface area (Å²) in [5.41, 5.74) is 4.14. The molecule has 0 amide bonds. The lowest BCUT2D eigenvalue weighted by atomic mass is 9.83. The first-order valence-electron chi connectivity index (χ1n) is 7.78. The van der Waals surface area contributed by atoms with Gasteiger partial charge in [0, 0.05) is 11.1 Å². The van der Waals surface area contributed by atoms with Gasteiger partial charge in [0.15, 0.2) is 5.78 Å². The van der Waals surface area contributed by atoms with Gasteiger partial charge in [-0.15, -0.1) is 0 Å². The molecular weight excluding hydrogens is 256 g/mol. The Morgan fingerprint density at radius 1 is 0.952 bits per heavy atom. The first-order chi connectivity index (χ1) is 10.1. The largest absolute Gasteiger partial charge is 0.289 e. The Kier molecular flexibility index (Phi) is 4.95. The maximum absolute atomic E-state index is 12.8. The standard InChI is InChI=1S/C20H24O/c1-5-15(4)17-12-9-13-18(19(17)14(2)3)20(21)16-10-7-6-8-11-16/h6-15H,5H2,1-4H3. The van der Waals surface area contributed by atoms with E-state index in [0.29, 0.717) is 11.8 Å². The number of hydrogen-bond donors (Lipinski definition) is 0. The van der Waals surface area contributed by atoms with Crippen LogP contribution in [0.3, 0.4) is 0 Å². The van der Waals surface area contributed by atoms with Crippen LogP contribution in [-0.4, -0.2) is 5.78 Å². The van der Waals surface area contributed by atoms with Crippen molar-refractivity contribution in [2.45, 2.75) is 46.0 Å². The molecular formula is C20H24O. The zero-order valence-electron chi connectivity index (χ0n) is 13.4. The van der Waals surface area contributed by atoms with Crippen LogP contribution in [0.1, 0.15) is 73.0 Å². The first-order valence-corrected chi connectivity index (χ1v) is 7.78. The maximum atomic E-state index is 12.8. The van der Waals surface area contributed by atoms with Gasteiger partial charge in [0.1, 0.15) is 0 Å². The lowest BCUT2D eigenvalue weighted by molar-refractivity contribution is 0.103. The molecule has 0 saturated carbocycles. The monoisotopic (exact) mass is 280 g/mol. The third kappa shape index (κ3) is 3.24. The second kappa shape index (κ2) is 6.71. The Hall–Kier alpha value is -1.89. The highest BCUT2D eigenvalue weighted by Crippen LogP contribution is 2.32. The quantitative estimate of drug-likeness (QED) is 0.656. The molecule has 1 heteroatoms. The molecule has 0 heterocycles. The van der Waals surface area contributed by atoms with Gasteiger partial charge in [-0.3, -0.25) is 4.79 Å². The summed E-state index contributed by atoms with van der Waals surface area (Å²) in [4.78, 5) is 12.8. The molecule has 0 saturated heterocycles. The van der Waals surface area contributed by atoms with Gasteiger partial charge < -0.3 is 0 Å². The van der Waals surface area contributed by atoms with Gasteiger partial charge in [0.25, 0.3) is 0 Å². The van der Waals surface area contributed by atoms with Crippen LogP contribution in [0.25, 0.3) is 0 Å². The number of ketones is 1. The SMILES string of the molecule is CCC(C)c1cccc(C(=O)c2ccccc2)c1C(C)C. The molecule has 0 spiro atoms. The van der Waals surface area contributed by atoms with E-state index in [-0.39, 0.29) is 5.78 Å². The molecule has 0 aliphatic heterocycles. The predicted octanol–water partition coefficient (Wildman–Crippen LogP) is 5.55. The number of benzene rings is 2. The molecule has 0 N–H and O–H groups in total. The first kappa shape index (κ1) is 15.5. The minimum atomic E-state index is 0.129. The van der Waals surface area contributed by atoms with Gasteiger partial charge in [0.2, 0.25) is 0 Å². The highest BCUT2D eigenvalue weighted by molar-refractivity contribution is 6.10. The van der Waals surface area contributed by atoms with E-state index in [0.717, 1.165) is 17.5 Å². The minimum absolute atomic E-state index is 0.129. The molecule has 0 fully saturated rings. The smallest absolute Gasteiger partial charge is 0.193 e. The van der Waals surface area contributed by atoms with Crippen molar-refractivity contribution < 1.29 is 4.79 Å². The second-order valence-electron chi connectivity index (χ2n) is 5.97. The summed E-state index contributed by atoms with van der Waals surface area (Å²) in [5, 5.41) is 0.